The highest BCUT2D eigenvalue weighted by atomic mass is 19.1. The van der Waals surface area contributed by atoms with E-state index in [1.165, 1.54) is 6.07 Å². The maximum absolute atomic E-state index is 13.2. The van der Waals surface area contributed by atoms with E-state index in [2.05, 4.69) is 5.32 Å². The summed E-state index contributed by atoms with van der Waals surface area (Å²) in [6.07, 6.45) is 1.34. The standard InChI is InChI=1S/C14H22FNO3/c1-18-9-5-4-8-16-10-12(17)11-19-14-7-3-2-6-13(14)15/h2-3,6-7,12,16-17H,4-5,8-11H2,1H3. The zero-order chi connectivity index (χ0) is 13.9. The highest BCUT2D eigenvalue weighted by Gasteiger charge is 2.07. The Bertz CT molecular complexity index is 349. The molecule has 1 aromatic rings. The summed E-state index contributed by atoms with van der Waals surface area (Å²) in [4.78, 5) is 0. The number of nitrogens with one attached hydrogen (secondary N) is 1. The van der Waals surface area contributed by atoms with Gasteiger partial charge in [0, 0.05) is 20.3 Å². The summed E-state index contributed by atoms with van der Waals surface area (Å²) < 4.78 is 23.4. The fourth-order valence-corrected chi connectivity index (χ4v) is 1.57. The first-order valence-electron chi connectivity index (χ1n) is 6.49. The predicted octanol–water partition coefficient (Wildman–Crippen LogP) is 1.58. The van der Waals surface area contributed by atoms with E-state index in [-0.39, 0.29) is 12.4 Å². The van der Waals surface area contributed by atoms with Crippen LogP contribution in [-0.2, 0) is 4.74 Å². The molecule has 0 radical (unpaired) electrons. The fraction of sp³-hybridized carbons (Fsp3) is 0.571. The number of ether oxygens (including phenoxy) is 2. The summed E-state index contributed by atoms with van der Waals surface area (Å²) in [5, 5.41) is 12.8. The van der Waals surface area contributed by atoms with E-state index in [1.807, 2.05) is 0 Å². The maximum Gasteiger partial charge on any atom is 0.165 e. The first kappa shape index (κ1) is 15.9. The van der Waals surface area contributed by atoms with Gasteiger partial charge in [-0.2, -0.15) is 0 Å². The van der Waals surface area contributed by atoms with E-state index in [0.717, 1.165) is 26.0 Å². The normalized spacial score (nSPS) is 12.4. The zero-order valence-electron chi connectivity index (χ0n) is 11.3. The lowest BCUT2D eigenvalue weighted by atomic mass is 10.3. The van der Waals surface area contributed by atoms with Crippen molar-refractivity contribution in [2.45, 2.75) is 18.9 Å². The average molecular weight is 271 g/mol. The number of hydrogen-bond donors (Lipinski definition) is 2. The van der Waals surface area contributed by atoms with Crippen LogP contribution in [0.4, 0.5) is 4.39 Å². The smallest absolute Gasteiger partial charge is 0.165 e. The molecule has 2 N–H and O–H groups in total. The molecule has 0 heterocycles. The van der Waals surface area contributed by atoms with Gasteiger partial charge < -0.3 is 19.9 Å². The van der Waals surface area contributed by atoms with Gasteiger partial charge in [0.05, 0.1) is 0 Å². The molecule has 0 bridgehead atoms. The number of benzene rings is 1. The van der Waals surface area contributed by atoms with E-state index in [4.69, 9.17) is 9.47 Å². The molecule has 0 aliphatic heterocycles. The van der Waals surface area contributed by atoms with Crippen LogP contribution >= 0.6 is 0 Å². The van der Waals surface area contributed by atoms with Crippen molar-refractivity contribution in [3.05, 3.63) is 30.1 Å². The van der Waals surface area contributed by atoms with Crippen molar-refractivity contribution in [3.63, 3.8) is 0 Å². The largest absolute Gasteiger partial charge is 0.488 e. The highest BCUT2D eigenvalue weighted by Crippen LogP contribution is 2.15. The van der Waals surface area contributed by atoms with Gasteiger partial charge in [-0.05, 0) is 31.5 Å². The quantitative estimate of drug-likeness (QED) is 0.634. The second kappa shape index (κ2) is 9.72. The molecular weight excluding hydrogens is 249 g/mol. The third kappa shape index (κ3) is 7.10. The van der Waals surface area contributed by atoms with E-state index >= 15 is 0 Å². The number of aliphatic hydroxyl groups is 1. The summed E-state index contributed by atoms with van der Waals surface area (Å²) in [7, 11) is 1.68. The molecule has 0 spiro atoms. The van der Waals surface area contributed by atoms with Crippen molar-refractivity contribution >= 4 is 0 Å². The molecule has 0 saturated carbocycles. The first-order valence-corrected chi connectivity index (χ1v) is 6.49. The van der Waals surface area contributed by atoms with E-state index in [1.54, 1.807) is 25.3 Å². The van der Waals surface area contributed by atoms with E-state index in [0.29, 0.717) is 6.54 Å². The SMILES string of the molecule is COCCCCNCC(O)COc1ccccc1F. The second-order valence-electron chi connectivity index (χ2n) is 4.30. The molecule has 5 heteroatoms. The number of unbranched alkanes of at least 4 members (excludes halogenated alkanes) is 1. The summed E-state index contributed by atoms with van der Waals surface area (Å²) in [5.41, 5.74) is 0. The summed E-state index contributed by atoms with van der Waals surface area (Å²) >= 11 is 0. The zero-order valence-corrected chi connectivity index (χ0v) is 11.3. The van der Waals surface area contributed by atoms with Gasteiger partial charge in [0.25, 0.3) is 0 Å². The van der Waals surface area contributed by atoms with Gasteiger partial charge in [-0.25, -0.2) is 4.39 Å². The molecule has 108 valence electrons. The van der Waals surface area contributed by atoms with Gasteiger partial charge in [-0.1, -0.05) is 12.1 Å². The Kier molecular flexibility index (Phi) is 8.13. The molecule has 1 unspecified atom stereocenters. The maximum atomic E-state index is 13.2. The van der Waals surface area contributed by atoms with Gasteiger partial charge >= 0.3 is 0 Å². The van der Waals surface area contributed by atoms with Crippen molar-refractivity contribution in [1.82, 2.24) is 5.32 Å². The molecule has 19 heavy (non-hydrogen) atoms. The Labute approximate surface area is 113 Å². The minimum atomic E-state index is -0.651. The van der Waals surface area contributed by atoms with Crippen LogP contribution in [-0.4, -0.2) is 44.6 Å². The van der Waals surface area contributed by atoms with Crippen LogP contribution in [0.3, 0.4) is 0 Å². The minimum absolute atomic E-state index is 0.0754. The fourth-order valence-electron chi connectivity index (χ4n) is 1.57. The number of rotatable bonds is 10. The van der Waals surface area contributed by atoms with Gasteiger partial charge in [-0.3, -0.25) is 0 Å². The topological polar surface area (TPSA) is 50.7 Å². The Balaban J connectivity index is 2.08. The first-order chi connectivity index (χ1) is 9.24. The highest BCUT2D eigenvalue weighted by molar-refractivity contribution is 5.23. The molecule has 0 aliphatic rings. The second-order valence-corrected chi connectivity index (χ2v) is 4.30. The molecule has 0 saturated heterocycles. The Morgan fingerprint density at radius 3 is 2.84 bits per heavy atom. The van der Waals surface area contributed by atoms with Crippen LogP contribution in [0.5, 0.6) is 5.75 Å². The van der Waals surface area contributed by atoms with Gasteiger partial charge in [0.15, 0.2) is 11.6 Å². The molecule has 1 rings (SSSR count). The molecule has 4 nitrogen and oxygen atoms in total. The van der Waals surface area contributed by atoms with Crippen molar-refractivity contribution in [2.75, 3.05) is 33.4 Å². The van der Waals surface area contributed by atoms with Gasteiger partial charge in [-0.15, -0.1) is 0 Å². The van der Waals surface area contributed by atoms with Crippen LogP contribution < -0.4 is 10.1 Å². The number of para-hydroxylation sites is 1. The molecular formula is C14H22FNO3. The number of methoxy groups -OCH3 is 1. The number of halogens is 1. The summed E-state index contributed by atoms with van der Waals surface area (Å²) in [6, 6.07) is 6.16. The predicted molar refractivity (Wildman–Crippen MR) is 71.9 cm³/mol. The monoisotopic (exact) mass is 271 g/mol. The van der Waals surface area contributed by atoms with E-state index < -0.39 is 11.9 Å². The average Bonchev–Trinajstić information content (AvgIpc) is 2.42. The van der Waals surface area contributed by atoms with Gasteiger partial charge in [0.2, 0.25) is 0 Å². The molecule has 0 fully saturated rings. The van der Waals surface area contributed by atoms with Crippen LogP contribution in [0.25, 0.3) is 0 Å². The lowest BCUT2D eigenvalue weighted by molar-refractivity contribution is 0.104. The minimum Gasteiger partial charge on any atom is -0.488 e. The summed E-state index contributed by atoms with van der Waals surface area (Å²) in [5.74, 6) is -0.246. The van der Waals surface area contributed by atoms with Crippen molar-refractivity contribution < 1.29 is 19.0 Å². The summed E-state index contributed by atoms with van der Waals surface area (Å²) in [6.45, 7) is 2.08. The van der Waals surface area contributed by atoms with Crippen LogP contribution in [0.1, 0.15) is 12.8 Å². The lowest BCUT2D eigenvalue weighted by Crippen LogP contribution is -2.32. The van der Waals surface area contributed by atoms with Crippen molar-refractivity contribution in [3.8, 4) is 5.75 Å². The number of aliphatic hydroxyl groups excluding tert-OH is 1. The Hall–Kier alpha value is -1.17. The third-order valence-electron chi connectivity index (χ3n) is 2.60. The van der Waals surface area contributed by atoms with Crippen LogP contribution in [0.2, 0.25) is 0 Å². The van der Waals surface area contributed by atoms with Crippen LogP contribution in [0.15, 0.2) is 24.3 Å². The number of hydrogen-bond acceptors (Lipinski definition) is 4. The molecule has 0 amide bonds. The van der Waals surface area contributed by atoms with Crippen molar-refractivity contribution in [1.29, 1.82) is 0 Å². The molecule has 1 atom stereocenters. The molecule has 0 aromatic heterocycles. The Morgan fingerprint density at radius 2 is 2.11 bits per heavy atom. The third-order valence-corrected chi connectivity index (χ3v) is 2.60. The van der Waals surface area contributed by atoms with Crippen molar-refractivity contribution in [2.24, 2.45) is 0 Å². The van der Waals surface area contributed by atoms with E-state index in [9.17, 15) is 9.50 Å². The Morgan fingerprint density at radius 1 is 1.32 bits per heavy atom. The van der Waals surface area contributed by atoms with Gasteiger partial charge in [0.1, 0.15) is 12.7 Å². The lowest BCUT2D eigenvalue weighted by Gasteiger charge is -2.13. The molecule has 0 aliphatic carbocycles. The van der Waals surface area contributed by atoms with Crippen LogP contribution in [0, 0.1) is 5.82 Å². The molecule has 1 aromatic carbocycles.